The van der Waals surface area contributed by atoms with Crippen LogP contribution in [0, 0.1) is 6.92 Å². The predicted octanol–water partition coefficient (Wildman–Crippen LogP) is 2.17. The van der Waals surface area contributed by atoms with Crippen LogP contribution in [0.2, 0.25) is 0 Å². The largest absolute Gasteiger partial charge is 0.494 e. The minimum Gasteiger partial charge on any atom is -0.494 e. The molecule has 0 saturated heterocycles. The number of aryl methyl sites for hydroxylation is 1. The van der Waals surface area contributed by atoms with Gasteiger partial charge in [-0.15, -0.1) is 5.10 Å². The SMILES string of the molecule is COc1ccccc1-n1nnnc1SCC(=O)N(C)CC(=O)Nc1ccc(C)cc1. The van der Waals surface area contributed by atoms with Crippen LogP contribution in [0.3, 0.4) is 0 Å². The highest BCUT2D eigenvalue weighted by atomic mass is 32.2. The van der Waals surface area contributed by atoms with Crippen LogP contribution in [0.25, 0.3) is 5.69 Å². The van der Waals surface area contributed by atoms with Gasteiger partial charge in [-0.2, -0.15) is 4.68 Å². The number of hydrogen-bond acceptors (Lipinski definition) is 7. The van der Waals surface area contributed by atoms with Gasteiger partial charge in [0.1, 0.15) is 11.4 Å². The Bertz CT molecular complexity index is 1020. The number of tetrazole rings is 1. The number of methoxy groups -OCH3 is 1. The first kappa shape index (κ1) is 21.3. The number of rotatable bonds is 8. The van der Waals surface area contributed by atoms with Crippen molar-refractivity contribution in [1.29, 1.82) is 0 Å². The zero-order chi connectivity index (χ0) is 21.5. The summed E-state index contributed by atoms with van der Waals surface area (Å²) in [5, 5.41) is 14.9. The first-order chi connectivity index (χ1) is 14.5. The van der Waals surface area contributed by atoms with Gasteiger partial charge in [0.25, 0.3) is 0 Å². The van der Waals surface area contributed by atoms with Crippen molar-refractivity contribution >= 4 is 29.3 Å². The monoisotopic (exact) mass is 426 g/mol. The summed E-state index contributed by atoms with van der Waals surface area (Å²) in [5.41, 5.74) is 2.47. The standard InChI is InChI=1S/C20H22N6O3S/c1-14-8-10-15(11-9-14)21-18(27)12-25(2)19(28)13-30-20-22-23-24-26(20)16-6-4-5-7-17(16)29-3/h4-11H,12-13H2,1-3H3,(H,21,27). The van der Waals surface area contributed by atoms with E-state index in [1.54, 1.807) is 20.2 Å². The van der Waals surface area contributed by atoms with E-state index in [9.17, 15) is 9.59 Å². The second-order valence-electron chi connectivity index (χ2n) is 6.50. The van der Waals surface area contributed by atoms with Crippen molar-refractivity contribution in [3.63, 3.8) is 0 Å². The van der Waals surface area contributed by atoms with Crippen molar-refractivity contribution in [3.8, 4) is 11.4 Å². The molecule has 0 spiro atoms. The Labute approximate surface area is 178 Å². The number of nitrogens with one attached hydrogen (secondary N) is 1. The van der Waals surface area contributed by atoms with Crippen molar-refractivity contribution in [2.45, 2.75) is 12.1 Å². The van der Waals surface area contributed by atoms with Gasteiger partial charge in [0.05, 0.1) is 19.4 Å². The van der Waals surface area contributed by atoms with Crippen LogP contribution in [0.4, 0.5) is 5.69 Å². The number of hydrogen-bond donors (Lipinski definition) is 1. The lowest BCUT2D eigenvalue weighted by molar-refractivity contribution is -0.131. The molecule has 3 rings (SSSR count). The Morgan fingerprint density at radius 2 is 1.90 bits per heavy atom. The summed E-state index contributed by atoms with van der Waals surface area (Å²) in [6, 6.07) is 14.8. The molecule has 0 bridgehead atoms. The molecule has 1 N–H and O–H groups in total. The van der Waals surface area contributed by atoms with Gasteiger partial charge in [-0.1, -0.05) is 41.6 Å². The highest BCUT2D eigenvalue weighted by Crippen LogP contribution is 2.25. The Morgan fingerprint density at radius 1 is 1.17 bits per heavy atom. The molecule has 156 valence electrons. The average molecular weight is 427 g/mol. The minimum absolute atomic E-state index is 0.0509. The fourth-order valence-electron chi connectivity index (χ4n) is 2.60. The molecule has 0 aliphatic rings. The van der Waals surface area contributed by atoms with Crippen LogP contribution in [-0.2, 0) is 9.59 Å². The third kappa shape index (κ3) is 5.35. The summed E-state index contributed by atoms with van der Waals surface area (Å²) >= 11 is 1.19. The molecule has 0 fully saturated rings. The molecule has 30 heavy (non-hydrogen) atoms. The molecule has 1 heterocycles. The fraction of sp³-hybridized carbons (Fsp3) is 0.250. The van der Waals surface area contributed by atoms with Crippen molar-refractivity contribution in [2.75, 3.05) is 31.8 Å². The third-order valence-electron chi connectivity index (χ3n) is 4.22. The van der Waals surface area contributed by atoms with Crippen molar-refractivity contribution in [1.82, 2.24) is 25.1 Å². The number of carbonyl (C=O) groups excluding carboxylic acids is 2. The molecule has 0 unspecified atom stereocenters. The molecule has 0 aliphatic carbocycles. The fourth-order valence-corrected chi connectivity index (χ4v) is 3.43. The quantitative estimate of drug-likeness (QED) is 0.551. The summed E-state index contributed by atoms with van der Waals surface area (Å²) in [7, 11) is 3.15. The van der Waals surface area contributed by atoms with E-state index in [0.29, 0.717) is 22.3 Å². The maximum atomic E-state index is 12.5. The Hall–Kier alpha value is -3.40. The average Bonchev–Trinajstić information content (AvgIpc) is 3.21. The molecule has 0 saturated carbocycles. The maximum Gasteiger partial charge on any atom is 0.243 e. The lowest BCUT2D eigenvalue weighted by Crippen LogP contribution is -2.36. The van der Waals surface area contributed by atoms with Gasteiger partial charge >= 0.3 is 0 Å². The molecular formula is C20H22N6O3S. The molecule has 0 atom stereocenters. The number of nitrogens with zero attached hydrogens (tertiary/aromatic N) is 5. The van der Waals surface area contributed by atoms with Crippen LogP contribution in [0.5, 0.6) is 5.75 Å². The van der Waals surface area contributed by atoms with Crippen LogP contribution >= 0.6 is 11.8 Å². The van der Waals surface area contributed by atoms with Gasteiger partial charge in [-0.05, 0) is 41.6 Å². The zero-order valence-corrected chi connectivity index (χ0v) is 17.7. The van der Waals surface area contributed by atoms with Crippen molar-refractivity contribution in [2.24, 2.45) is 0 Å². The summed E-state index contributed by atoms with van der Waals surface area (Å²) in [4.78, 5) is 26.0. The van der Waals surface area contributed by atoms with Gasteiger partial charge < -0.3 is 15.0 Å². The Kier molecular flexibility index (Phi) is 7.02. The highest BCUT2D eigenvalue weighted by molar-refractivity contribution is 7.99. The van der Waals surface area contributed by atoms with Crippen molar-refractivity contribution < 1.29 is 14.3 Å². The lowest BCUT2D eigenvalue weighted by atomic mass is 10.2. The molecule has 10 heteroatoms. The zero-order valence-electron chi connectivity index (χ0n) is 16.9. The van der Waals surface area contributed by atoms with E-state index in [4.69, 9.17) is 4.74 Å². The second kappa shape index (κ2) is 9.88. The number of aromatic nitrogens is 4. The number of carbonyl (C=O) groups is 2. The molecule has 2 aromatic carbocycles. The van der Waals surface area contributed by atoms with Crippen LogP contribution < -0.4 is 10.1 Å². The number of likely N-dealkylation sites (N-methyl/N-ethyl adjacent to an activating group) is 1. The van der Waals surface area contributed by atoms with E-state index in [2.05, 4.69) is 20.8 Å². The summed E-state index contributed by atoms with van der Waals surface area (Å²) in [6.07, 6.45) is 0. The number of para-hydroxylation sites is 2. The number of ether oxygens (including phenoxy) is 1. The van der Waals surface area contributed by atoms with Crippen LogP contribution in [-0.4, -0.2) is 63.4 Å². The lowest BCUT2D eigenvalue weighted by Gasteiger charge is -2.16. The Balaban J connectivity index is 1.56. The summed E-state index contributed by atoms with van der Waals surface area (Å²) in [6.45, 7) is 1.92. The predicted molar refractivity (Wildman–Crippen MR) is 114 cm³/mol. The molecule has 9 nitrogen and oxygen atoms in total. The third-order valence-corrected chi connectivity index (χ3v) is 5.12. The first-order valence-corrected chi connectivity index (χ1v) is 10.1. The molecule has 1 aromatic heterocycles. The van der Waals surface area contributed by atoms with Gasteiger partial charge in [-0.3, -0.25) is 9.59 Å². The molecule has 0 aliphatic heterocycles. The normalized spacial score (nSPS) is 10.5. The maximum absolute atomic E-state index is 12.5. The number of anilines is 1. The minimum atomic E-state index is -0.265. The molecule has 0 radical (unpaired) electrons. The first-order valence-electron chi connectivity index (χ1n) is 9.13. The van der Waals surface area contributed by atoms with E-state index in [-0.39, 0.29) is 24.1 Å². The van der Waals surface area contributed by atoms with E-state index >= 15 is 0 Å². The van der Waals surface area contributed by atoms with Gasteiger partial charge in [0, 0.05) is 12.7 Å². The van der Waals surface area contributed by atoms with E-state index in [1.807, 2.05) is 49.4 Å². The van der Waals surface area contributed by atoms with Gasteiger partial charge in [-0.25, -0.2) is 0 Å². The van der Waals surface area contributed by atoms with Crippen molar-refractivity contribution in [3.05, 3.63) is 54.1 Å². The van der Waals surface area contributed by atoms with Crippen LogP contribution in [0.15, 0.2) is 53.7 Å². The smallest absolute Gasteiger partial charge is 0.243 e. The van der Waals surface area contributed by atoms with E-state index in [1.165, 1.54) is 21.3 Å². The van der Waals surface area contributed by atoms with E-state index < -0.39 is 0 Å². The Morgan fingerprint density at radius 3 is 2.63 bits per heavy atom. The number of amides is 2. The number of benzene rings is 2. The van der Waals surface area contributed by atoms with E-state index in [0.717, 1.165) is 5.56 Å². The van der Waals surface area contributed by atoms with Crippen LogP contribution in [0.1, 0.15) is 5.56 Å². The molecule has 2 amide bonds. The molecular weight excluding hydrogens is 404 g/mol. The van der Waals surface area contributed by atoms with Gasteiger partial charge in [0.2, 0.25) is 17.0 Å². The van der Waals surface area contributed by atoms with Gasteiger partial charge in [0.15, 0.2) is 0 Å². The topological polar surface area (TPSA) is 102 Å². The summed E-state index contributed by atoms with van der Waals surface area (Å²) in [5.74, 6) is 0.221. The number of thioether (sulfide) groups is 1. The highest BCUT2D eigenvalue weighted by Gasteiger charge is 2.17. The summed E-state index contributed by atoms with van der Waals surface area (Å²) < 4.78 is 6.86. The second-order valence-corrected chi connectivity index (χ2v) is 7.44. The molecule has 3 aromatic rings.